The van der Waals surface area contributed by atoms with Crippen molar-refractivity contribution < 1.29 is 0 Å². The number of hydrogen-bond acceptors (Lipinski definition) is 0. The molecule has 0 unspecified atom stereocenters. The minimum absolute atomic E-state index is 0.000432. The molecular formula is C40H50. The van der Waals surface area contributed by atoms with E-state index in [0.717, 1.165) is 0 Å². The normalized spacial score (nSPS) is 13.0. The molecule has 0 aliphatic carbocycles. The Kier molecular flexibility index (Phi) is 7.74. The van der Waals surface area contributed by atoms with Crippen molar-refractivity contribution in [3.05, 3.63) is 107 Å². The molecule has 0 radical (unpaired) electrons. The predicted molar refractivity (Wildman–Crippen MR) is 178 cm³/mol. The highest BCUT2D eigenvalue weighted by Gasteiger charge is 2.27. The lowest BCUT2D eigenvalue weighted by Gasteiger charge is -2.30. The molecule has 0 atom stereocenters. The van der Waals surface area contributed by atoms with Crippen LogP contribution in [-0.2, 0) is 21.7 Å². The van der Waals surface area contributed by atoms with E-state index in [1.54, 1.807) is 0 Å². The van der Waals surface area contributed by atoms with Crippen molar-refractivity contribution in [2.75, 3.05) is 0 Å². The highest BCUT2D eigenvalue weighted by molar-refractivity contribution is 5.90. The quantitative estimate of drug-likeness (QED) is 0.247. The molecule has 0 amide bonds. The molecule has 210 valence electrons. The standard InChI is InChI=1S/C40H50/c1-37(2,3)29-19-22-32(35(25-29)39(7,8)9)31-21-18-28(27-16-14-13-15-17-27)24-34(31)33-23-20-30(38(4,5)6)26-36(33)40(10,11)12/h13-26H,1-12H3. The summed E-state index contributed by atoms with van der Waals surface area (Å²) in [5, 5.41) is 0. The van der Waals surface area contributed by atoms with Crippen molar-refractivity contribution in [3.8, 4) is 33.4 Å². The third-order valence-corrected chi connectivity index (χ3v) is 8.09. The second-order valence-electron chi connectivity index (χ2n) is 15.6. The molecule has 40 heavy (non-hydrogen) atoms. The van der Waals surface area contributed by atoms with E-state index >= 15 is 0 Å². The van der Waals surface area contributed by atoms with E-state index in [0.29, 0.717) is 0 Å². The molecule has 4 aromatic carbocycles. The Morgan fingerprint density at radius 3 is 1.18 bits per heavy atom. The molecular weight excluding hydrogens is 480 g/mol. The maximum absolute atomic E-state index is 2.46. The van der Waals surface area contributed by atoms with Crippen molar-refractivity contribution in [2.24, 2.45) is 0 Å². The number of rotatable bonds is 3. The highest BCUT2D eigenvalue weighted by atomic mass is 14.3. The predicted octanol–water partition coefficient (Wildman–Crippen LogP) is 11.9. The lowest BCUT2D eigenvalue weighted by molar-refractivity contribution is 0.568. The average Bonchev–Trinajstić information content (AvgIpc) is 2.86. The van der Waals surface area contributed by atoms with Crippen molar-refractivity contribution in [3.63, 3.8) is 0 Å². The van der Waals surface area contributed by atoms with Gasteiger partial charge in [-0.3, -0.25) is 0 Å². The molecule has 0 saturated heterocycles. The van der Waals surface area contributed by atoms with Gasteiger partial charge in [0.25, 0.3) is 0 Å². The van der Waals surface area contributed by atoms with Gasteiger partial charge in [-0.1, -0.05) is 162 Å². The second kappa shape index (κ2) is 10.4. The first-order chi connectivity index (χ1) is 18.4. The Balaban J connectivity index is 2.10. The molecule has 0 N–H and O–H groups in total. The topological polar surface area (TPSA) is 0 Å². The van der Waals surface area contributed by atoms with Crippen molar-refractivity contribution in [1.29, 1.82) is 0 Å². The van der Waals surface area contributed by atoms with E-state index in [1.807, 2.05) is 0 Å². The van der Waals surface area contributed by atoms with Gasteiger partial charge in [-0.2, -0.15) is 0 Å². The molecule has 0 heteroatoms. The summed E-state index contributed by atoms with van der Waals surface area (Å²) >= 11 is 0. The van der Waals surface area contributed by atoms with Gasteiger partial charge in [0, 0.05) is 0 Å². The van der Waals surface area contributed by atoms with E-state index in [2.05, 4.69) is 168 Å². The largest absolute Gasteiger partial charge is 0.0622 e. The number of benzene rings is 4. The second-order valence-corrected chi connectivity index (χ2v) is 15.6. The zero-order chi connectivity index (χ0) is 29.7. The fourth-order valence-corrected chi connectivity index (χ4v) is 5.54. The van der Waals surface area contributed by atoms with E-state index in [4.69, 9.17) is 0 Å². The fraction of sp³-hybridized carbons (Fsp3) is 0.400. The molecule has 0 aromatic heterocycles. The maximum atomic E-state index is 2.46. The zero-order valence-electron chi connectivity index (χ0n) is 27.1. The molecule has 0 saturated carbocycles. The van der Waals surface area contributed by atoms with Gasteiger partial charge >= 0.3 is 0 Å². The highest BCUT2D eigenvalue weighted by Crippen LogP contribution is 2.45. The average molecular weight is 531 g/mol. The third-order valence-electron chi connectivity index (χ3n) is 8.09. The van der Waals surface area contributed by atoms with Crippen LogP contribution in [0.2, 0.25) is 0 Å². The number of hydrogen-bond donors (Lipinski definition) is 0. The minimum atomic E-state index is -0.000432. The summed E-state index contributed by atoms with van der Waals surface area (Å²) in [7, 11) is 0. The van der Waals surface area contributed by atoms with Crippen molar-refractivity contribution >= 4 is 0 Å². The molecule has 0 bridgehead atoms. The van der Waals surface area contributed by atoms with Gasteiger partial charge in [0.2, 0.25) is 0 Å². The lowest BCUT2D eigenvalue weighted by Crippen LogP contribution is -2.18. The summed E-state index contributed by atoms with van der Waals surface area (Å²) in [6.45, 7) is 27.9. The van der Waals surface area contributed by atoms with Crippen LogP contribution in [0.5, 0.6) is 0 Å². The molecule has 4 rings (SSSR count). The Bertz CT molecular complexity index is 1490. The Morgan fingerprint density at radius 2 is 0.750 bits per heavy atom. The van der Waals surface area contributed by atoms with E-state index in [-0.39, 0.29) is 21.7 Å². The van der Waals surface area contributed by atoms with Gasteiger partial charge in [0.05, 0.1) is 0 Å². The Hall–Kier alpha value is -3.12. The fourth-order valence-electron chi connectivity index (χ4n) is 5.54. The van der Waals surface area contributed by atoms with Gasteiger partial charge in [0.1, 0.15) is 0 Å². The van der Waals surface area contributed by atoms with Gasteiger partial charge < -0.3 is 0 Å². The lowest BCUT2D eigenvalue weighted by atomic mass is 9.74. The Labute approximate surface area is 244 Å². The SMILES string of the molecule is CC(C)(C)c1ccc(-c2ccc(-c3ccccc3)cc2-c2ccc(C(C)(C)C)cc2C(C)(C)C)c(C(C)(C)C)c1. The van der Waals surface area contributed by atoms with Crippen LogP contribution in [0.1, 0.15) is 105 Å². The van der Waals surface area contributed by atoms with Crippen LogP contribution in [-0.4, -0.2) is 0 Å². The first-order valence-electron chi connectivity index (χ1n) is 14.9. The van der Waals surface area contributed by atoms with Crippen LogP contribution in [0.25, 0.3) is 33.4 Å². The van der Waals surface area contributed by atoms with Gasteiger partial charge in [-0.25, -0.2) is 0 Å². The van der Waals surface area contributed by atoms with Crippen LogP contribution in [0.3, 0.4) is 0 Å². The summed E-state index contributed by atoms with van der Waals surface area (Å²) in [5.41, 5.74) is 13.5. The van der Waals surface area contributed by atoms with Gasteiger partial charge in [0.15, 0.2) is 0 Å². The molecule has 0 spiro atoms. The van der Waals surface area contributed by atoms with Crippen molar-refractivity contribution in [2.45, 2.75) is 105 Å². The molecule has 4 aromatic rings. The van der Waals surface area contributed by atoms with Crippen LogP contribution < -0.4 is 0 Å². The van der Waals surface area contributed by atoms with Gasteiger partial charge in [-0.15, -0.1) is 0 Å². The minimum Gasteiger partial charge on any atom is -0.0622 e. The monoisotopic (exact) mass is 530 g/mol. The molecule has 0 aliphatic heterocycles. The van der Waals surface area contributed by atoms with E-state index in [9.17, 15) is 0 Å². The first kappa shape index (κ1) is 29.9. The third kappa shape index (κ3) is 6.27. The van der Waals surface area contributed by atoms with Crippen LogP contribution in [0.15, 0.2) is 84.9 Å². The van der Waals surface area contributed by atoms with Crippen molar-refractivity contribution in [1.82, 2.24) is 0 Å². The van der Waals surface area contributed by atoms with E-state index in [1.165, 1.54) is 55.6 Å². The van der Waals surface area contributed by atoms with Crippen LogP contribution >= 0.6 is 0 Å². The zero-order valence-corrected chi connectivity index (χ0v) is 27.1. The Morgan fingerprint density at radius 1 is 0.325 bits per heavy atom. The summed E-state index contributed by atoms with van der Waals surface area (Å²) in [6, 6.07) is 32.2. The molecule has 0 heterocycles. The van der Waals surface area contributed by atoms with Crippen LogP contribution in [0.4, 0.5) is 0 Å². The van der Waals surface area contributed by atoms with E-state index < -0.39 is 0 Å². The summed E-state index contributed by atoms with van der Waals surface area (Å²) < 4.78 is 0. The first-order valence-corrected chi connectivity index (χ1v) is 14.9. The van der Waals surface area contributed by atoms with Crippen LogP contribution in [0, 0.1) is 0 Å². The summed E-state index contributed by atoms with van der Waals surface area (Å²) in [4.78, 5) is 0. The molecule has 0 fully saturated rings. The smallest absolute Gasteiger partial charge is 0.00962 e. The maximum Gasteiger partial charge on any atom is -0.00962 e. The summed E-state index contributed by atoms with van der Waals surface area (Å²) in [6.07, 6.45) is 0. The summed E-state index contributed by atoms with van der Waals surface area (Å²) in [5.74, 6) is 0. The molecule has 0 nitrogen and oxygen atoms in total. The van der Waals surface area contributed by atoms with Gasteiger partial charge in [-0.05, 0) is 83.4 Å². The molecule has 0 aliphatic rings.